The number of rotatable bonds is 6. The molecule has 0 bridgehead atoms. The molecule has 3 N–H and O–H groups in total. The summed E-state index contributed by atoms with van der Waals surface area (Å²) in [6, 6.07) is 13.4. The van der Waals surface area contributed by atoms with Crippen molar-refractivity contribution >= 4 is 17.5 Å². The summed E-state index contributed by atoms with van der Waals surface area (Å²) in [7, 11) is 0. The number of primary amides is 1. The summed E-state index contributed by atoms with van der Waals surface area (Å²) in [6.45, 7) is 1.30. The Kier molecular flexibility index (Phi) is 5.30. The molecule has 1 saturated heterocycles. The fraction of sp³-hybridized carbons (Fsp3) is 0.263. The Balaban J connectivity index is 1.62. The molecule has 1 atom stereocenters. The van der Waals surface area contributed by atoms with E-state index in [1.807, 2.05) is 0 Å². The van der Waals surface area contributed by atoms with Crippen LogP contribution in [0.15, 0.2) is 48.5 Å². The van der Waals surface area contributed by atoms with Gasteiger partial charge in [-0.15, -0.1) is 0 Å². The fourth-order valence-corrected chi connectivity index (χ4v) is 2.67. The van der Waals surface area contributed by atoms with E-state index in [2.05, 4.69) is 5.32 Å². The Morgan fingerprint density at radius 1 is 1.16 bits per heavy atom. The second-order valence-electron chi connectivity index (χ2n) is 5.83. The monoisotopic (exact) mass is 340 g/mol. The quantitative estimate of drug-likeness (QED) is 0.846. The van der Waals surface area contributed by atoms with Crippen LogP contribution >= 0.6 is 0 Å². The average Bonchev–Trinajstić information content (AvgIpc) is 3.14. The van der Waals surface area contributed by atoms with Crippen molar-refractivity contribution in [1.82, 2.24) is 0 Å². The van der Waals surface area contributed by atoms with Crippen molar-refractivity contribution in [3.8, 4) is 5.75 Å². The maximum Gasteiger partial charge on any atom is 0.255 e. The summed E-state index contributed by atoms with van der Waals surface area (Å²) in [4.78, 5) is 23.8. The zero-order chi connectivity index (χ0) is 17.6. The van der Waals surface area contributed by atoms with Gasteiger partial charge in [0.25, 0.3) is 11.8 Å². The summed E-state index contributed by atoms with van der Waals surface area (Å²) in [5.74, 6) is -0.224. The molecule has 1 unspecified atom stereocenters. The standard InChI is InChI=1S/C19H20N2O4/c20-18(22)16-5-1-2-6-17(16)21-19(23)13-7-9-14(10-8-13)25-12-15-4-3-11-24-15/h1-2,5-10,15H,3-4,11-12H2,(H2,20,22)(H,21,23). The summed E-state index contributed by atoms with van der Waals surface area (Å²) >= 11 is 0. The summed E-state index contributed by atoms with van der Waals surface area (Å²) in [5.41, 5.74) is 6.44. The summed E-state index contributed by atoms with van der Waals surface area (Å²) < 4.78 is 11.2. The molecule has 0 aliphatic carbocycles. The first kappa shape index (κ1) is 17.0. The number of hydrogen-bond donors (Lipinski definition) is 2. The normalized spacial score (nSPS) is 16.4. The first-order valence-electron chi connectivity index (χ1n) is 8.18. The van der Waals surface area contributed by atoms with Gasteiger partial charge in [-0.2, -0.15) is 0 Å². The van der Waals surface area contributed by atoms with Crippen LogP contribution in [0.1, 0.15) is 33.6 Å². The molecule has 1 heterocycles. The van der Waals surface area contributed by atoms with Gasteiger partial charge in [-0.3, -0.25) is 9.59 Å². The molecule has 2 aromatic carbocycles. The van der Waals surface area contributed by atoms with Crippen molar-refractivity contribution < 1.29 is 19.1 Å². The number of hydrogen-bond acceptors (Lipinski definition) is 4. The zero-order valence-electron chi connectivity index (χ0n) is 13.7. The molecule has 6 nitrogen and oxygen atoms in total. The van der Waals surface area contributed by atoms with Crippen molar-refractivity contribution in [1.29, 1.82) is 0 Å². The smallest absolute Gasteiger partial charge is 0.255 e. The number of amides is 2. The van der Waals surface area contributed by atoms with Crippen LogP contribution in [0, 0.1) is 0 Å². The predicted octanol–water partition coefficient (Wildman–Crippen LogP) is 2.60. The van der Waals surface area contributed by atoms with Crippen LogP contribution in [0.3, 0.4) is 0 Å². The van der Waals surface area contributed by atoms with Crippen molar-refractivity contribution in [2.45, 2.75) is 18.9 Å². The van der Waals surface area contributed by atoms with E-state index in [1.54, 1.807) is 48.5 Å². The van der Waals surface area contributed by atoms with E-state index >= 15 is 0 Å². The van der Waals surface area contributed by atoms with E-state index in [0.717, 1.165) is 19.4 Å². The van der Waals surface area contributed by atoms with Crippen molar-refractivity contribution in [2.75, 3.05) is 18.5 Å². The number of ether oxygens (including phenoxy) is 2. The number of carbonyl (C=O) groups excluding carboxylic acids is 2. The Hall–Kier alpha value is -2.86. The lowest BCUT2D eigenvalue weighted by Gasteiger charge is -2.12. The molecule has 0 saturated carbocycles. The van der Waals surface area contributed by atoms with Gasteiger partial charge in [0, 0.05) is 12.2 Å². The SMILES string of the molecule is NC(=O)c1ccccc1NC(=O)c1ccc(OCC2CCCO2)cc1. The lowest BCUT2D eigenvalue weighted by molar-refractivity contribution is 0.0679. The second kappa shape index (κ2) is 7.81. The molecule has 0 radical (unpaired) electrons. The van der Waals surface area contributed by atoms with Crippen LogP contribution < -0.4 is 15.8 Å². The lowest BCUT2D eigenvalue weighted by Crippen LogP contribution is -2.18. The lowest BCUT2D eigenvalue weighted by atomic mass is 10.1. The maximum absolute atomic E-state index is 12.3. The number of para-hydroxylation sites is 1. The van der Waals surface area contributed by atoms with E-state index in [0.29, 0.717) is 23.6 Å². The minimum Gasteiger partial charge on any atom is -0.491 e. The van der Waals surface area contributed by atoms with Crippen LogP contribution in [-0.2, 0) is 4.74 Å². The molecule has 0 spiro atoms. The third-order valence-electron chi connectivity index (χ3n) is 4.02. The van der Waals surface area contributed by atoms with Gasteiger partial charge in [0.1, 0.15) is 12.4 Å². The van der Waals surface area contributed by atoms with E-state index in [1.165, 1.54) is 0 Å². The number of nitrogens with two attached hydrogens (primary N) is 1. The number of nitrogens with one attached hydrogen (secondary N) is 1. The van der Waals surface area contributed by atoms with Gasteiger partial charge in [0.05, 0.1) is 17.4 Å². The van der Waals surface area contributed by atoms with Gasteiger partial charge < -0.3 is 20.5 Å². The minimum atomic E-state index is -0.589. The van der Waals surface area contributed by atoms with E-state index in [9.17, 15) is 9.59 Å². The van der Waals surface area contributed by atoms with Crippen LogP contribution in [0.2, 0.25) is 0 Å². The molecule has 1 aliphatic heterocycles. The molecule has 130 valence electrons. The Morgan fingerprint density at radius 2 is 1.92 bits per heavy atom. The van der Waals surface area contributed by atoms with Crippen LogP contribution in [-0.4, -0.2) is 31.1 Å². The zero-order valence-corrected chi connectivity index (χ0v) is 13.7. The van der Waals surface area contributed by atoms with Crippen molar-refractivity contribution in [3.63, 3.8) is 0 Å². The van der Waals surface area contributed by atoms with Gasteiger partial charge >= 0.3 is 0 Å². The van der Waals surface area contributed by atoms with Gasteiger partial charge in [0.2, 0.25) is 0 Å². The highest BCUT2D eigenvalue weighted by Crippen LogP contribution is 2.19. The fourth-order valence-electron chi connectivity index (χ4n) is 2.67. The highest BCUT2D eigenvalue weighted by Gasteiger charge is 2.16. The third kappa shape index (κ3) is 4.36. The van der Waals surface area contributed by atoms with Crippen LogP contribution in [0.4, 0.5) is 5.69 Å². The van der Waals surface area contributed by atoms with Gasteiger partial charge in [0.15, 0.2) is 0 Å². The van der Waals surface area contributed by atoms with Crippen molar-refractivity contribution in [2.24, 2.45) is 5.73 Å². The van der Waals surface area contributed by atoms with Gasteiger partial charge in [-0.05, 0) is 49.2 Å². The highest BCUT2D eigenvalue weighted by molar-refractivity contribution is 6.08. The number of carbonyl (C=O) groups is 2. The predicted molar refractivity (Wildman–Crippen MR) is 93.8 cm³/mol. The van der Waals surface area contributed by atoms with Gasteiger partial charge in [-0.1, -0.05) is 12.1 Å². The number of benzene rings is 2. The van der Waals surface area contributed by atoms with Gasteiger partial charge in [-0.25, -0.2) is 0 Å². The third-order valence-corrected chi connectivity index (χ3v) is 4.02. The Labute approximate surface area is 145 Å². The second-order valence-corrected chi connectivity index (χ2v) is 5.83. The molecule has 1 fully saturated rings. The average molecular weight is 340 g/mol. The molecule has 0 aromatic heterocycles. The molecule has 6 heteroatoms. The molecule has 1 aliphatic rings. The molecule has 3 rings (SSSR count). The highest BCUT2D eigenvalue weighted by atomic mass is 16.5. The molecule has 25 heavy (non-hydrogen) atoms. The van der Waals surface area contributed by atoms with Crippen LogP contribution in [0.5, 0.6) is 5.75 Å². The topological polar surface area (TPSA) is 90.7 Å². The molecular weight excluding hydrogens is 320 g/mol. The Morgan fingerprint density at radius 3 is 2.60 bits per heavy atom. The summed E-state index contributed by atoms with van der Waals surface area (Å²) in [6.07, 6.45) is 2.23. The van der Waals surface area contributed by atoms with E-state index in [-0.39, 0.29) is 17.6 Å². The summed E-state index contributed by atoms with van der Waals surface area (Å²) in [5, 5.41) is 2.70. The number of anilines is 1. The van der Waals surface area contributed by atoms with Crippen LogP contribution in [0.25, 0.3) is 0 Å². The molecular formula is C19H20N2O4. The minimum absolute atomic E-state index is 0.147. The maximum atomic E-state index is 12.3. The van der Waals surface area contributed by atoms with E-state index in [4.69, 9.17) is 15.2 Å². The first-order chi connectivity index (χ1) is 12.1. The van der Waals surface area contributed by atoms with E-state index < -0.39 is 5.91 Å². The van der Waals surface area contributed by atoms with Crippen molar-refractivity contribution in [3.05, 3.63) is 59.7 Å². The first-order valence-corrected chi connectivity index (χ1v) is 8.18. The Bertz CT molecular complexity index is 752. The molecule has 2 aromatic rings. The largest absolute Gasteiger partial charge is 0.491 e. The molecule has 2 amide bonds.